The van der Waals surface area contributed by atoms with Crippen LogP contribution in [0.2, 0.25) is 0 Å². The second-order valence-corrected chi connectivity index (χ2v) is 11.1. The average Bonchev–Trinajstić information content (AvgIpc) is 2.95. The number of ether oxygens (including phenoxy) is 4. The predicted molar refractivity (Wildman–Crippen MR) is 147 cm³/mol. The second-order valence-electron chi connectivity index (χ2n) is 11.1. The molecular formula is C34H28O6. The lowest BCUT2D eigenvalue weighted by molar-refractivity contribution is -0.254. The van der Waals surface area contributed by atoms with Crippen LogP contribution in [-0.4, -0.2) is 11.6 Å². The minimum atomic E-state index is -0.988. The molecule has 6 nitrogen and oxygen atoms in total. The van der Waals surface area contributed by atoms with Gasteiger partial charge in [0.15, 0.2) is 22.8 Å². The summed E-state index contributed by atoms with van der Waals surface area (Å²) in [7, 11) is 0. The van der Waals surface area contributed by atoms with Gasteiger partial charge in [0.25, 0.3) is 0 Å². The fourth-order valence-electron chi connectivity index (χ4n) is 6.48. The molecule has 0 unspecified atom stereocenters. The Hall–Kier alpha value is -4.26. The molecule has 0 saturated carbocycles. The third-order valence-corrected chi connectivity index (χ3v) is 8.40. The SMILES string of the molecule is C[C@]12Oc3ccccc3[C@](C)(O1)C(=O)c1ccccc12.C[C@]12Oc3ccccc3[C@](C)(O1)C(=O)c1ccccc12. The molecule has 4 heterocycles. The highest BCUT2D eigenvalue weighted by atomic mass is 16.7. The number of rotatable bonds is 0. The highest BCUT2D eigenvalue weighted by Crippen LogP contribution is 2.53. The van der Waals surface area contributed by atoms with Crippen LogP contribution in [-0.2, 0) is 32.3 Å². The lowest BCUT2D eigenvalue weighted by Crippen LogP contribution is -2.54. The Kier molecular flexibility index (Phi) is 5.03. The van der Waals surface area contributed by atoms with Crippen molar-refractivity contribution in [2.24, 2.45) is 0 Å². The first kappa shape index (κ1) is 24.8. The first-order chi connectivity index (χ1) is 19.1. The molecule has 0 amide bonds. The van der Waals surface area contributed by atoms with E-state index in [2.05, 4.69) is 0 Å². The summed E-state index contributed by atoms with van der Waals surface area (Å²) >= 11 is 0. The highest BCUT2D eigenvalue weighted by molar-refractivity contribution is 6.06. The van der Waals surface area contributed by atoms with Crippen molar-refractivity contribution in [1.82, 2.24) is 0 Å². The molecule has 4 atom stereocenters. The van der Waals surface area contributed by atoms with Crippen molar-refractivity contribution in [3.05, 3.63) is 130 Å². The van der Waals surface area contributed by atoms with Gasteiger partial charge in [0, 0.05) is 47.2 Å². The maximum Gasteiger partial charge on any atom is 0.236 e. The van der Waals surface area contributed by atoms with Crippen molar-refractivity contribution >= 4 is 11.6 Å². The minimum Gasteiger partial charge on any atom is -0.458 e. The van der Waals surface area contributed by atoms with Crippen LogP contribution in [0.15, 0.2) is 97.1 Å². The Balaban J connectivity index is 0.000000132. The molecule has 0 N–H and O–H groups in total. The van der Waals surface area contributed by atoms with E-state index in [1.165, 1.54) is 0 Å². The molecular weight excluding hydrogens is 504 g/mol. The predicted octanol–water partition coefficient (Wildman–Crippen LogP) is 6.76. The van der Waals surface area contributed by atoms with Crippen LogP contribution in [0.3, 0.4) is 0 Å². The first-order valence-electron chi connectivity index (χ1n) is 13.4. The third kappa shape index (κ3) is 3.23. The first-order valence-corrected chi connectivity index (χ1v) is 13.4. The molecule has 4 aliphatic rings. The number of para-hydroxylation sites is 2. The van der Waals surface area contributed by atoms with Gasteiger partial charge in [-0.05, 0) is 26.0 Å². The van der Waals surface area contributed by atoms with Gasteiger partial charge in [-0.25, -0.2) is 0 Å². The van der Waals surface area contributed by atoms with Crippen LogP contribution in [0.1, 0.15) is 70.7 Å². The number of benzene rings is 4. The zero-order valence-corrected chi connectivity index (χ0v) is 22.7. The smallest absolute Gasteiger partial charge is 0.236 e. The number of ketones is 2. The second kappa shape index (κ2) is 8.13. The van der Waals surface area contributed by atoms with Crippen LogP contribution < -0.4 is 9.47 Å². The Bertz CT molecular complexity index is 1600. The monoisotopic (exact) mass is 532 g/mol. The highest BCUT2D eigenvalue weighted by Gasteiger charge is 2.57. The normalized spacial score (nSPS) is 30.2. The van der Waals surface area contributed by atoms with Crippen molar-refractivity contribution in [3.63, 3.8) is 0 Å². The molecule has 0 fully saturated rings. The maximum absolute atomic E-state index is 12.9. The molecule has 0 saturated heterocycles. The lowest BCUT2D eigenvalue weighted by atomic mass is 9.79. The molecule has 0 aromatic heterocycles. The van der Waals surface area contributed by atoms with Crippen LogP contribution >= 0.6 is 0 Å². The summed E-state index contributed by atoms with van der Waals surface area (Å²) in [6.07, 6.45) is 0. The van der Waals surface area contributed by atoms with Gasteiger partial charge in [-0.1, -0.05) is 84.9 Å². The van der Waals surface area contributed by atoms with Crippen LogP contribution in [0.25, 0.3) is 0 Å². The van der Waals surface area contributed by atoms with E-state index in [-0.39, 0.29) is 11.6 Å². The van der Waals surface area contributed by atoms with Gasteiger partial charge in [-0.2, -0.15) is 0 Å². The fraction of sp³-hybridized carbons (Fsp3) is 0.235. The summed E-state index contributed by atoms with van der Waals surface area (Å²) in [4.78, 5) is 25.7. The summed E-state index contributed by atoms with van der Waals surface area (Å²) in [6, 6.07) is 30.1. The Morgan fingerprint density at radius 2 is 0.775 bits per heavy atom. The molecule has 4 aromatic carbocycles. The molecule has 40 heavy (non-hydrogen) atoms. The van der Waals surface area contributed by atoms with Crippen LogP contribution in [0.4, 0.5) is 0 Å². The van der Waals surface area contributed by atoms with Crippen molar-refractivity contribution in [2.45, 2.75) is 50.5 Å². The van der Waals surface area contributed by atoms with E-state index in [1.54, 1.807) is 0 Å². The summed E-state index contributed by atoms with van der Waals surface area (Å²) in [5.74, 6) is -0.442. The molecule has 6 heteroatoms. The number of carbonyl (C=O) groups excluding carboxylic acids is 2. The number of hydrogen-bond acceptors (Lipinski definition) is 6. The van der Waals surface area contributed by atoms with E-state index < -0.39 is 22.8 Å². The minimum absolute atomic E-state index is 0.0127. The van der Waals surface area contributed by atoms with Crippen molar-refractivity contribution in [2.75, 3.05) is 0 Å². The largest absolute Gasteiger partial charge is 0.458 e. The molecule has 0 spiro atoms. The van der Waals surface area contributed by atoms with Gasteiger partial charge in [0.2, 0.25) is 11.6 Å². The topological polar surface area (TPSA) is 71.1 Å². The summed E-state index contributed by atoms with van der Waals surface area (Å²) in [5, 5.41) is 0. The Morgan fingerprint density at radius 3 is 1.18 bits per heavy atom. The lowest BCUT2D eigenvalue weighted by Gasteiger charge is -2.49. The van der Waals surface area contributed by atoms with E-state index >= 15 is 0 Å². The van der Waals surface area contributed by atoms with Crippen molar-refractivity contribution < 1.29 is 28.5 Å². The van der Waals surface area contributed by atoms with Gasteiger partial charge in [0.1, 0.15) is 11.5 Å². The molecule has 8 rings (SSSR count). The maximum atomic E-state index is 12.9. The number of carbonyl (C=O) groups is 2. The van der Waals surface area contributed by atoms with E-state index in [0.717, 1.165) is 22.3 Å². The summed E-state index contributed by atoms with van der Waals surface area (Å²) in [5.41, 5.74) is 2.54. The average molecular weight is 533 g/mol. The van der Waals surface area contributed by atoms with E-state index in [0.29, 0.717) is 22.6 Å². The zero-order chi connectivity index (χ0) is 27.9. The molecule has 0 aliphatic carbocycles. The number of hydrogen-bond donors (Lipinski definition) is 0. The standard InChI is InChI=1S/2C17H14O3/c2*1-16-13-9-5-6-10-14(13)19-17(2,20-16)12-8-4-3-7-11(12)15(16)18/h2*3-10H,1-2H3/t2*16-,17-/m00/s1. The molecule has 4 aromatic rings. The summed E-state index contributed by atoms with van der Waals surface area (Å²) < 4.78 is 24.3. The Labute approximate surface area is 232 Å². The molecule has 0 radical (unpaired) electrons. The molecule has 4 aliphatic heterocycles. The third-order valence-electron chi connectivity index (χ3n) is 8.40. The van der Waals surface area contributed by atoms with Crippen LogP contribution in [0.5, 0.6) is 11.5 Å². The van der Waals surface area contributed by atoms with Crippen LogP contribution in [0, 0.1) is 0 Å². The van der Waals surface area contributed by atoms with Crippen molar-refractivity contribution in [1.29, 1.82) is 0 Å². The van der Waals surface area contributed by atoms with E-state index in [9.17, 15) is 9.59 Å². The van der Waals surface area contributed by atoms with E-state index in [1.807, 2.05) is 125 Å². The van der Waals surface area contributed by atoms with Gasteiger partial charge >= 0.3 is 0 Å². The number of Topliss-reactive ketones (excluding diaryl/α,β-unsaturated/α-hetero) is 2. The zero-order valence-electron chi connectivity index (χ0n) is 22.7. The van der Waals surface area contributed by atoms with Gasteiger partial charge in [-0.3, -0.25) is 9.59 Å². The van der Waals surface area contributed by atoms with Gasteiger partial charge < -0.3 is 18.9 Å². The Morgan fingerprint density at radius 1 is 0.450 bits per heavy atom. The fourth-order valence-corrected chi connectivity index (χ4v) is 6.48. The van der Waals surface area contributed by atoms with Crippen molar-refractivity contribution in [3.8, 4) is 11.5 Å². The molecule has 4 bridgehead atoms. The quantitative estimate of drug-likeness (QED) is 0.249. The number of fused-ring (bicyclic) bond motifs is 12. The van der Waals surface area contributed by atoms with Gasteiger partial charge in [-0.15, -0.1) is 0 Å². The van der Waals surface area contributed by atoms with E-state index in [4.69, 9.17) is 18.9 Å². The van der Waals surface area contributed by atoms with Gasteiger partial charge in [0.05, 0.1) is 0 Å². The summed E-state index contributed by atoms with van der Waals surface area (Å²) in [6.45, 7) is 7.38. The molecule has 200 valence electrons.